The average molecular weight is 341 g/mol. The van der Waals surface area contributed by atoms with Crippen molar-refractivity contribution in [1.29, 1.82) is 0 Å². The van der Waals surface area contributed by atoms with Crippen LogP contribution >= 0.6 is 0 Å². The molecule has 2 atom stereocenters. The van der Waals surface area contributed by atoms with Gasteiger partial charge in [-0.2, -0.15) is 0 Å². The summed E-state index contributed by atoms with van der Waals surface area (Å²) in [6.07, 6.45) is 8.42. The molecule has 0 bridgehead atoms. The zero-order valence-corrected chi connectivity index (χ0v) is 16.2. The summed E-state index contributed by atoms with van der Waals surface area (Å²) >= 11 is 0. The highest BCUT2D eigenvalue weighted by Crippen LogP contribution is 2.16. The van der Waals surface area contributed by atoms with Crippen LogP contribution in [0.5, 0.6) is 0 Å². The minimum atomic E-state index is 0.836. The molecule has 0 amide bonds. The Labute approximate surface area is 149 Å². The lowest BCUT2D eigenvalue weighted by atomic mass is 9.98. The van der Waals surface area contributed by atoms with E-state index < -0.39 is 0 Å². The van der Waals surface area contributed by atoms with E-state index in [0.717, 1.165) is 64.4 Å². The highest BCUT2D eigenvalue weighted by atomic mass is 16.5. The summed E-state index contributed by atoms with van der Waals surface area (Å²) in [7, 11) is 0. The molecule has 0 aromatic heterocycles. The average Bonchev–Trinajstić information content (AvgIpc) is 2.60. The third kappa shape index (κ3) is 8.80. The maximum atomic E-state index is 5.42. The van der Waals surface area contributed by atoms with Crippen molar-refractivity contribution in [3.05, 3.63) is 0 Å². The Bertz CT molecular complexity index is 272. The number of hydrogen-bond donors (Lipinski definition) is 0. The molecule has 0 aliphatic carbocycles. The monoisotopic (exact) mass is 340 g/mol. The van der Waals surface area contributed by atoms with Crippen LogP contribution in [0.25, 0.3) is 0 Å². The SMILES string of the molecule is CC(CCCCCCC(C)CN1CCOCC1)CN1CCOCC1. The number of ether oxygens (including phenoxy) is 2. The molecule has 4 heteroatoms. The van der Waals surface area contributed by atoms with Crippen molar-refractivity contribution in [2.75, 3.05) is 65.7 Å². The third-order valence-corrected chi connectivity index (χ3v) is 5.49. The van der Waals surface area contributed by atoms with Crippen molar-refractivity contribution in [2.45, 2.75) is 52.4 Å². The smallest absolute Gasteiger partial charge is 0.0594 e. The van der Waals surface area contributed by atoms with Crippen LogP contribution in [0.15, 0.2) is 0 Å². The summed E-state index contributed by atoms with van der Waals surface area (Å²) in [6, 6.07) is 0. The van der Waals surface area contributed by atoms with Gasteiger partial charge >= 0.3 is 0 Å². The Morgan fingerprint density at radius 2 is 1.00 bits per heavy atom. The molecule has 2 heterocycles. The van der Waals surface area contributed by atoms with E-state index in [1.165, 1.54) is 51.6 Å². The van der Waals surface area contributed by atoms with E-state index in [0.29, 0.717) is 0 Å². The minimum absolute atomic E-state index is 0.836. The van der Waals surface area contributed by atoms with E-state index in [-0.39, 0.29) is 0 Å². The van der Waals surface area contributed by atoms with Crippen LogP contribution in [0.3, 0.4) is 0 Å². The van der Waals surface area contributed by atoms with E-state index in [1.807, 2.05) is 0 Å². The summed E-state index contributed by atoms with van der Waals surface area (Å²) in [4.78, 5) is 5.14. The highest BCUT2D eigenvalue weighted by Gasteiger charge is 2.14. The van der Waals surface area contributed by atoms with E-state index >= 15 is 0 Å². The molecule has 0 spiro atoms. The molecule has 2 unspecified atom stereocenters. The summed E-state index contributed by atoms with van der Waals surface area (Å²) in [5.74, 6) is 1.67. The van der Waals surface area contributed by atoms with Crippen LogP contribution in [0.2, 0.25) is 0 Å². The first-order valence-corrected chi connectivity index (χ1v) is 10.3. The third-order valence-electron chi connectivity index (χ3n) is 5.49. The van der Waals surface area contributed by atoms with Crippen LogP contribution in [-0.2, 0) is 9.47 Å². The zero-order chi connectivity index (χ0) is 17.0. The van der Waals surface area contributed by atoms with Gasteiger partial charge in [-0.25, -0.2) is 0 Å². The summed E-state index contributed by atoms with van der Waals surface area (Å²) in [6.45, 7) is 15.6. The Balaban J connectivity index is 1.40. The molecule has 2 fully saturated rings. The predicted octanol–water partition coefficient (Wildman–Crippen LogP) is 3.26. The Kier molecular flexibility index (Phi) is 10.3. The normalized spacial score (nSPS) is 23.2. The van der Waals surface area contributed by atoms with Crippen molar-refractivity contribution >= 4 is 0 Å². The van der Waals surface area contributed by atoms with Crippen molar-refractivity contribution < 1.29 is 9.47 Å². The molecule has 2 rings (SSSR count). The standard InChI is InChI=1S/C20H40N2O2/c1-19(17-21-9-13-23-14-10-21)7-5-3-4-6-8-20(2)18-22-11-15-24-16-12-22/h19-20H,3-18H2,1-2H3. The van der Waals surface area contributed by atoms with Gasteiger partial charge in [0.15, 0.2) is 0 Å². The topological polar surface area (TPSA) is 24.9 Å². The molecule has 142 valence electrons. The van der Waals surface area contributed by atoms with E-state index in [4.69, 9.17) is 9.47 Å². The zero-order valence-electron chi connectivity index (χ0n) is 16.2. The molecule has 0 saturated carbocycles. The molecule has 4 nitrogen and oxygen atoms in total. The predicted molar refractivity (Wildman–Crippen MR) is 101 cm³/mol. The lowest BCUT2D eigenvalue weighted by molar-refractivity contribution is 0.0308. The van der Waals surface area contributed by atoms with Crippen molar-refractivity contribution in [1.82, 2.24) is 9.80 Å². The fraction of sp³-hybridized carbons (Fsp3) is 1.00. The molecule has 0 aromatic carbocycles. The second kappa shape index (κ2) is 12.2. The van der Waals surface area contributed by atoms with E-state index in [9.17, 15) is 0 Å². The molecule has 0 N–H and O–H groups in total. The molecular formula is C20H40N2O2. The number of nitrogens with zero attached hydrogens (tertiary/aromatic N) is 2. The van der Waals surface area contributed by atoms with Crippen molar-refractivity contribution in [2.24, 2.45) is 11.8 Å². The Hall–Kier alpha value is -0.160. The molecule has 0 aromatic rings. The van der Waals surface area contributed by atoms with Crippen LogP contribution in [0.4, 0.5) is 0 Å². The largest absolute Gasteiger partial charge is 0.379 e. The van der Waals surface area contributed by atoms with Gasteiger partial charge in [0, 0.05) is 39.3 Å². The van der Waals surface area contributed by atoms with Crippen LogP contribution in [-0.4, -0.2) is 75.5 Å². The Morgan fingerprint density at radius 3 is 1.38 bits per heavy atom. The molecule has 0 radical (unpaired) electrons. The van der Waals surface area contributed by atoms with Crippen LogP contribution in [0.1, 0.15) is 52.4 Å². The number of rotatable bonds is 11. The summed E-state index contributed by atoms with van der Waals surface area (Å²) in [5, 5.41) is 0. The maximum Gasteiger partial charge on any atom is 0.0594 e. The van der Waals surface area contributed by atoms with Gasteiger partial charge in [0.2, 0.25) is 0 Å². The second-order valence-corrected chi connectivity index (χ2v) is 8.03. The number of hydrogen-bond acceptors (Lipinski definition) is 4. The second-order valence-electron chi connectivity index (χ2n) is 8.03. The lowest BCUT2D eigenvalue weighted by Gasteiger charge is -2.29. The van der Waals surface area contributed by atoms with Crippen LogP contribution in [0, 0.1) is 11.8 Å². The summed E-state index contributed by atoms with van der Waals surface area (Å²) < 4.78 is 10.8. The van der Waals surface area contributed by atoms with Gasteiger partial charge in [0.1, 0.15) is 0 Å². The fourth-order valence-electron chi connectivity index (χ4n) is 3.97. The van der Waals surface area contributed by atoms with Crippen molar-refractivity contribution in [3.63, 3.8) is 0 Å². The first-order valence-electron chi connectivity index (χ1n) is 10.3. The first-order chi connectivity index (χ1) is 11.7. The summed E-state index contributed by atoms with van der Waals surface area (Å²) in [5.41, 5.74) is 0. The van der Waals surface area contributed by atoms with E-state index in [1.54, 1.807) is 0 Å². The number of unbranched alkanes of at least 4 members (excludes halogenated alkanes) is 3. The van der Waals surface area contributed by atoms with Gasteiger partial charge in [-0.05, 0) is 24.7 Å². The molecule has 24 heavy (non-hydrogen) atoms. The van der Waals surface area contributed by atoms with Crippen LogP contribution < -0.4 is 0 Å². The van der Waals surface area contributed by atoms with E-state index in [2.05, 4.69) is 23.6 Å². The van der Waals surface area contributed by atoms with Crippen molar-refractivity contribution in [3.8, 4) is 0 Å². The number of morpholine rings is 2. The molecular weight excluding hydrogens is 300 g/mol. The van der Waals surface area contributed by atoms with Gasteiger partial charge in [-0.15, -0.1) is 0 Å². The van der Waals surface area contributed by atoms with Gasteiger partial charge in [0.25, 0.3) is 0 Å². The Morgan fingerprint density at radius 1 is 0.625 bits per heavy atom. The minimum Gasteiger partial charge on any atom is -0.379 e. The van der Waals surface area contributed by atoms with Gasteiger partial charge in [-0.1, -0.05) is 39.5 Å². The maximum absolute atomic E-state index is 5.42. The highest BCUT2D eigenvalue weighted by molar-refractivity contribution is 4.67. The first kappa shape index (κ1) is 20.2. The molecule has 2 aliphatic rings. The van der Waals surface area contributed by atoms with Gasteiger partial charge < -0.3 is 9.47 Å². The van der Waals surface area contributed by atoms with Gasteiger partial charge in [-0.3, -0.25) is 9.80 Å². The quantitative estimate of drug-likeness (QED) is 0.539. The lowest BCUT2D eigenvalue weighted by Crippen LogP contribution is -2.38. The molecule has 2 saturated heterocycles. The van der Waals surface area contributed by atoms with Gasteiger partial charge in [0.05, 0.1) is 26.4 Å². The molecule has 2 aliphatic heterocycles. The fourth-order valence-corrected chi connectivity index (χ4v) is 3.97.